The third-order valence-electron chi connectivity index (χ3n) is 7.08. The molecule has 0 radical (unpaired) electrons. The van der Waals surface area contributed by atoms with Crippen LogP contribution < -0.4 is 37.2 Å². The maximum absolute atomic E-state index is 12.4. The highest BCUT2D eigenvalue weighted by Crippen LogP contribution is 2.39. The molecular formula is C32H30ClN11O6. The molecule has 0 fully saturated rings. The Morgan fingerprint density at radius 1 is 0.800 bits per heavy atom. The highest BCUT2D eigenvalue weighted by atomic mass is 35.5. The quantitative estimate of drug-likeness (QED) is 0.0564. The number of nitrogens with zero attached hydrogens (tertiary/aromatic N) is 4. The minimum atomic E-state index is -0.664. The Bertz CT molecular complexity index is 1970. The first-order chi connectivity index (χ1) is 24.2. The molecule has 1 heterocycles. The number of aliphatic imine (C=N–C) groups is 1. The first-order valence-electron chi connectivity index (χ1n) is 15.1. The molecule has 0 aliphatic heterocycles. The van der Waals surface area contributed by atoms with Gasteiger partial charge in [-0.15, -0.1) is 0 Å². The van der Waals surface area contributed by atoms with E-state index in [1.807, 2.05) is 24.3 Å². The fourth-order valence-corrected chi connectivity index (χ4v) is 4.99. The van der Waals surface area contributed by atoms with Crippen molar-refractivity contribution in [2.24, 2.45) is 4.99 Å². The Morgan fingerprint density at radius 2 is 1.48 bits per heavy atom. The number of hydrogen-bond acceptors (Lipinski definition) is 10. The lowest BCUT2D eigenvalue weighted by molar-refractivity contribution is 0.160. The molecule has 0 unspecified atom stereocenters. The van der Waals surface area contributed by atoms with Gasteiger partial charge < -0.3 is 26.0 Å². The van der Waals surface area contributed by atoms with Crippen LogP contribution in [0.15, 0.2) is 65.7 Å². The first kappa shape index (κ1) is 34.7. The van der Waals surface area contributed by atoms with Gasteiger partial charge in [0.05, 0.1) is 12.3 Å². The maximum atomic E-state index is 12.4. The molecule has 5 rings (SSSR count). The molecule has 1 aliphatic rings. The third-order valence-corrected chi connectivity index (χ3v) is 7.25. The number of ether oxygens (including phenoxy) is 1. The summed E-state index contributed by atoms with van der Waals surface area (Å²) in [6.45, 7) is 0.598. The van der Waals surface area contributed by atoms with Crippen LogP contribution in [0, 0.1) is 0 Å². The van der Waals surface area contributed by atoms with Gasteiger partial charge in [-0.2, -0.15) is 19.9 Å². The number of aromatic nitrogens is 3. The van der Waals surface area contributed by atoms with Crippen molar-refractivity contribution in [2.75, 3.05) is 41.5 Å². The van der Waals surface area contributed by atoms with Gasteiger partial charge in [0.15, 0.2) is 0 Å². The first-order valence-corrected chi connectivity index (χ1v) is 15.4. The van der Waals surface area contributed by atoms with Crippen LogP contribution in [0.4, 0.5) is 48.1 Å². The van der Waals surface area contributed by atoms with Gasteiger partial charge >= 0.3 is 24.2 Å². The molecule has 7 N–H and O–H groups in total. The second-order valence-corrected chi connectivity index (χ2v) is 10.9. The molecule has 18 heteroatoms. The van der Waals surface area contributed by atoms with Gasteiger partial charge in [0.2, 0.25) is 23.3 Å². The average molecular weight is 700 g/mol. The van der Waals surface area contributed by atoms with E-state index in [1.54, 1.807) is 42.5 Å². The number of carbonyl (C=O) groups excluding carboxylic acids is 5. The number of isocyanates is 1. The van der Waals surface area contributed by atoms with Crippen LogP contribution in [0.3, 0.4) is 0 Å². The molecule has 7 amide bonds. The lowest BCUT2D eigenvalue weighted by Gasteiger charge is -2.10. The van der Waals surface area contributed by atoms with Crippen LogP contribution in [0.25, 0.3) is 11.1 Å². The summed E-state index contributed by atoms with van der Waals surface area (Å²) in [5, 5.41) is 17.6. The molecule has 3 aromatic carbocycles. The molecule has 1 aliphatic carbocycles. The monoisotopic (exact) mass is 699 g/mol. The summed E-state index contributed by atoms with van der Waals surface area (Å²) in [4.78, 5) is 74.0. The van der Waals surface area contributed by atoms with Crippen LogP contribution in [-0.4, -0.2) is 65.4 Å². The van der Waals surface area contributed by atoms with E-state index >= 15 is 0 Å². The van der Waals surface area contributed by atoms with Crippen LogP contribution in [-0.2, 0) is 22.5 Å². The summed E-state index contributed by atoms with van der Waals surface area (Å²) < 4.78 is 5.24. The standard InChI is InChI=1S/C32H30ClN11O6/c1-34-29(46)43-27-40-26(33)41-28(42-27)44-31(48)38-21-5-3-18(4-6-21)16-36-30(47)35-11-2-12-50-32(49)39-23-8-10-25-20(15-23)13-19-14-22(37-17-45)7-9-24(19)25/h3-10,14-15H,2,11-13,16H2,1H3,(H,39,49)(H2,35,36,47)(H4,34,38,40,41,42,43,44,46,48). The predicted molar refractivity (Wildman–Crippen MR) is 184 cm³/mol. The molecule has 256 valence electrons. The molecule has 50 heavy (non-hydrogen) atoms. The number of carbonyl (C=O) groups is 4. The number of urea groups is 3. The van der Waals surface area contributed by atoms with Crippen molar-refractivity contribution in [3.63, 3.8) is 0 Å². The molecule has 0 saturated carbocycles. The molecule has 1 aromatic heterocycles. The zero-order valence-electron chi connectivity index (χ0n) is 26.4. The Balaban J connectivity index is 0.962. The topological polar surface area (TPSA) is 230 Å². The summed E-state index contributed by atoms with van der Waals surface area (Å²) in [5.41, 5.74) is 6.55. The van der Waals surface area contributed by atoms with Crippen molar-refractivity contribution >= 4 is 70.8 Å². The number of fused-ring (bicyclic) bond motifs is 3. The molecule has 17 nitrogen and oxygen atoms in total. The molecular weight excluding hydrogens is 670 g/mol. The number of hydrogen-bond donors (Lipinski definition) is 7. The van der Waals surface area contributed by atoms with Crippen molar-refractivity contribution < 1.29 is 28.7 Å². The zero-order chi connectivity index (χ0) is 35.5. The minimum absolute atomic E-state index is 0.0962. The van der Waals surface area contributed by atoms with E-state index in [0.717, 1.165) is 27.8 Å². The van der Waals surface area contributed by atoms with Gasteiger partial charge in [-0.1, -0.05) is 24.3 Å². The van der Waals surface area contributed by atoms with E-state index < -0.39 is 24.2 Å². The van der Waals surface area contributed by atoms with E-state index in [4.69, 9.17) is 16.3 Å². The predicted octanol–water partition coefficient (Wildman–Crippen LogP) is 4.90. The van der Waals surface area contributed by atoms with Gasteiger partial charge in [-0.05, 0) is 88.7 Å². The highest BCUT2D eigenvalue weighted by molar-refractivity contribution is 6.28. The number of rotatable bonds is 11. The maximum Gasteiger partial charge on any atom is 0.411 e. The molecule has 0 saturated heterocycles. The zero-order valence-corrected chi connectivity index (χ0v) is 27.2. The second kappa shape index (κ2) is 16.5. The van der Waals surface area contributed by atoms with Gasteiger partial charge in [0.1, 0.15) is 0 Å². The lowest BCUT2D eigenvalue weighted by Crippen LogP contribution is -2.36. The van der Waals surface area contributed by atoms with Crippen LogP contribution >= 0.6 is 11.6 Å². The summed E-state index contributed by atoms with van der Waals surface area (Å²) >= 11 is 5.83. The normalized spacial score (nSPS) is 10.8. The van der Waals surface area contributed by atoms with Crippen molar-refractivity contribution in [3.8, 4) is 11.1 Å². The number of benzene rings is 3. The van der Waals surface area contributed by atoms with Crippen LogP contribution in [0.2, 0.25) is 5.28 Å². The van der Waals surface area contributed by atoms with Crippen molar-refractivity contribution in [2.45, 2.75) is 19.4 Å². The third kappa shape index (κ3) is 9.72. The second-order valence-electron chi connectivity index (χ2n) is 10.5. The molecule has 0 atom stereocenters. The van der Waals surface area contributed by atoms with Crippen LogP contribution in [0.5, 0.6) is 0 Å². The molecule has 4 aromatic rings. The summed E-state index contributed by atoms with van der Waals surface area (Å²) in [7, 11) is 1.41. The summed E-state index contributed by atoms with van der Waals surface area (Å²) in [5.74, 6) is -0.331. The van der Waals surface area contributed by atoms with E-state index in [-0.39, 0.29) is 36.9 Å². The Morgan fingerprint density at radius 3 is 2.20 bits per heavy atom. The highest BCUT2D eigenvalue weighted by Gasteiger charge is 2.19. The fraction of sp³-hybridized carbons (Fsp3) is 0.188. The van der Waals surface area contributed by atoms with Crippen molar-refractivity contribution in [1.29, 1.82) is 0 Å². The number of amides is 7. The summed E-state index contributed by atoms with van der Waals surface area (Å²) in [6, 6.07) is 16.2. The van der Waals surface area contributed by atoms with Crippen LogP contribution in [0.1, 0.15) is 23.1 Å². The van der Waals surface area contributed by atoms with E-state index in [9.17, 15) is 24.0 Å². The largest absolute Gasteiger partial charge is 0.449 e. The van der Waals surface area contributed by atoms with E-state index in [1.165, 1.54) is 7.05 Å². The molecule has 0 bridgehead atoms. The summed E-state index contributed by atoms with van der Waals surface area (Å²) in [6.07, 6.45) is 1.99. The lowest BCUT2D eigenvalue weighted by atomic mass is 10.1. The Labute approximate surface area is 289 Å². The van der Waals surface area contributed by atoms with Crippen molar-refractivity contribution in [1.82, 2.24) is 30.9 Å². The van der Waals surface area contributed by atoms with Crippen molar-refractivity contribution in [3.05, 3.63) is 82.6 Å². The van der Waals surface area contributed by atoms with E-state index in [2.05, 4.69) is 57.2 Å². The van der Waals surface area contributed by atoms with Gasteiger partial charge in [-0.25, -0.2) is 24.0 Å². The average Bonchev–Trinajstić information content (AvgIpc) is 3.44. The van der Waals surface area contributed by atoms with Gasteiger partial charge in [0.25, 0.3) is 0 Å². The SMILES string of the molecule is CNC(=O)Nc1nc(Cl)nc(NC(=O)Nc2ccc(CNC(=O)NCCCOC(=O)Nc3ccc4c(c3)Cc3cc(N=C=O)ccc3-4)cc2)n1. The Hall–Kier alpha value is -6.58. The Kier molecular flexibility index (Phi) is 11.5. The fourth-order valence-electron chi connectivity index (χ4n) is 4.83. The number of halogens is 1. The van der Waals surface area contributed by atoms with Gasteiger partial charge in [-0.3, -0.25) is 16.0 Å². The number of anilines is 4. The number of nitrogens with one attached hydrogen (secondary N) is 7. The van der Waals surface area contributed by atoms with E-state index in [0.29, 0.717) is 29.9 Å². The smallest absolute Gasteiger partial charge is 0.411 e. The van der Waals surface area contributed by atoms with Gasteiger partial charge in [0, 0.05) is 31.5 Å². The molecule has 0 spiro atoms. The minimum Gasteiger partial charge on any atom is -0.449 e.